The number of rotatable bonds is 3. The Morgan fingerprint density at radius 2 is 1.95 bits per heavy atom. The highest BCUT2D eigenvalue weighted by Gasteiger charge is 2.24. The van der Waals surface area contributed by atoms with E-state index in [9.17, 15) is 12.8 Å². The number of nitrogens with one attached hydrogen (secondary N) is 1. The van der Waals surface area contributed by atoms with Crippen LogP contribution in [0.25, 0.3) is 0 Å². The average molecular weight is 299 g/mol. The van der Waals surface area contributed by atoms with Crippen molar-refractivity contribution in [1.82, 2.24) is 5.16 Å². The van der Waals surface area contributed by atoms with Gasteiger partial charge < -0.3 is 10.3 Å². The van der Waals surface area contributed by atoms with Crippen LogP contribution in [0.2, 0.25) is 0 Å². The van der Waals surface area contributed by atoms with Crippen LogP contribution in [-0.4, -0.2) is 13.6 Å². The summed E-state index contributed by atoms with van der Waals surface area (Å²) in [6, 6.07) is 2.42. The smallest absolute Gasteiger partial charge is 0.267 e. The molecule has 0 aliphatic heterocycles. The van der Waals surface area contributed by atoms with E-state index in [0.717, 1.165) is 6.07 Å². The number of benzene rings is 1. The summed E-state index contributed by atoms with van der Waals surface area (Å²) in [6.07, 6.45) is 0. The molecule has 0 atom stereocenters. The van der Waals surface area contributed by atoms with Gasteiger partial charge in [0.25, 0.3) is 10.0 Å². The quantitative estimate of drug-likeness (QED) is 0.846. The number of nitrogens with two attached hydrogens (primary N) is 1. The van der Waals surface area contributed by atoms with Crippen LogP contribution in [0.1, 0.15) is 16.8 Å². The van der Waals surface area contributed by atoms with E-state index in [4.69, 9.17) is 10.3 Å². The molecule has 0 fully saturated rings. The molecular weight excluding hydrogens is 285 g/mol. The van der Waals surface area contributed by atoms with Crippen molar-refractivity contribution in [2.75, 3.05) is 10.5 Å². The summed E-state index contributed by atoms with van der Waals surface area (Å²) in [6.45, 7) is 4.75. The number of nitrogens with zero attached hydrogens (tertiary/aromatic N) is 1. The molecule has 0 unspecified atom stereocenters. The van der Waals surface area contributed by atoms with Crippen molar-refractivity contribution in [3.05, 3.63) is 34.8 Å². The van der Waals surface area contributed by atoms with Gasteiger partial charge in [0.2, 0.25) is 5.88 Å². The van der Waals surface area contributed by atoms with Crippen molar-refractivity contribution in [1.29, 1.82) is 0 Å². The number of nitrogen functional groups attached to an aromatic ring is 1. The van der Waals surface area contributed by atoms with Crippen molar-refractivity contribution < 1.29 is 17.3 Å². The van der Waals surface area contributed by atoms with Crippen LogP contribution in [0.15, 0.2) is 21.6 Å². The van der Waals surface area contributed by atoms with Crippen LogP contribution in [-0.2, 0) is 10.0 Å². The van der Waals surface area contributed by atoms with E-state index in [1.807, 2.05) is 0 Å². The molecule has 3 N–H and O–H groups in total. The average Bonchev–Trinajstić information content (AvgIpc) is 2.65. The van der Waals surface area contributed by atoms with Gasteiger partial charge in [-0.1, -0.05) is 5.16 Å². The van der Waals surface area contributed by atoms with Gasteiger partial charge in [-0.05, 0) is 38.5 Å². The first kappa shape index (κ1) is 14.3. The Labute approximate surface area is 115 Å². The predicted octanol–water partition coefficient (Wildman–Crippen LogP) is 2.12. The molecule has 108 valence electrons. The monoisotopic (exact) mass is 299 g/mol. The molecule has 0 saturated carbocycles. The number of anilines is 2. The van der Waals surface area contributed by atoms with Gasteiger partial charge in [0.15, 0.2) is 0 Å². The molecule has 0 spiro atoms. The Morgan fingerprint density at radius 1 is 1.30 bits per heavy atom. The molecule has 1 aromatic heterocycles. The molecule has 6 nitrogen and oxygen atoms in total. The molecule has 0 aliphatic carbocycles. The number of aromatic nitrogens is 1. The third kappa shape index (κ3) is 2.46. The molecule has 0 amide bonds. The fraction of sp³-hybridized carbons (Fsp3) is 0.250. The molecule has 8 heteroatoms. The molecule has 0 radical (unpaired) electrons. The maximum absolute atomic E-state index is 14.0. The van der Waals surface area contributed by atoms with Crippen LogP contribution in [0, 0.1) is 26.6 Å². The lowest BCUT2D eigenvalue weighted by atomic mass is 10.2. The van der Waals surface area contributed by atoms with Crippen molar-refractivity contribution in [3.8, 4) is 0 Å². The Bertz CT molecular complexity index is 768. The molecule has 0 bridgehead atoms. The van der Waals surface area contributed by atoms with Gasteiger partial charge in [-0.25, -0.2) is 17.5 Å². The molecule has 2 aromatic rings. The standard InChI is InChI=1S/C12H14FN3O3S/c1-6-4-9(14)5-10(11(6)13)20(17,18)16-12-7(2)8(3)15-19-12/h4-5,16H,14H2,1-3H3. The van der Waals surface area contributed by atoms with Crippen molar-refractivity contribution >= 4 is 21.6 Å². The van der Waals surface area contributed by atoms with Gasteiger partial charge in [0, 0.05) is 11.3 Å². The highest BCUT2D eigenvalue weighted by molar-refractivity contribution is 7.92. The zero-order chi connectivity index (χ0) is 15.1. The zero-order valence-corrected chi connectivity index (χ0v) is 12.0. The summed E-state index contributed by atoms with van der Waals surface area (Å²) in [5, 5.41) is 3.63. The van der Waals surface area contributed by atoms with Gasteiger partial charge in [-0.2, -0.15) is 0 Å². The number of halogens is 1. The second-order valence-electron chi connectivity index (χ2n) is 4.48. The van der Waals surface area contributed by atoms with E-state index < -0.39 is 20.7 Å². The van der Waals surface area contributed by atoms with E-state index >= 15 is 0 Å². The number of hydrogen-bond donors (Lipinski definition) is 2. The van der Waals surface area contributed by atoms with E-state index in [-0.39, 0.29) is 17.1 Å². The molecule has 1 heterocycles. The first-order valence-electron chi connectivity index (χ1n) is 5.73. The minimum Gasteiger partial charge on any atom is -0.399 e. The predicted molar refractivity (Wildman–Crippen MR) is 72.3 cm³/mol. The van der Waals surface area contributed by atoms with Crippen LogP contribution >= 0.6 is 0 Å². The third-order valence-corrected chi connectivity index (χ3v) is 4.25. The van der Waals surface area contributed by atoms with Gasteiger partial charge in [0.05, 0.1) is 5.69 Å². The maximum Gasteiger partial charge on any atom is 0.267 e. The molecule has 2 rings (SSSR count). The first-order valence-corrected chi connectivity index (χ1v) is 7.22. The number of aryl methyl sites for hydroxylation is 2. The Kier molecular flexibility index (Phi) is 3.43. The zero-order valence-electron chi connectivity index (χ0n) is 11.2. The number of hydrogen-bond acceptors (Lipinski definition) is 5. The van der Waals surface area contributed by atoms with Crippen molar-refractivity contribution in [2.45, 2.75) is 25.7 Å². The minimum absolute atomic E-state index is 0.0398. The van der Waals surface area contributed by atoms with E-state index in [2.05, 4.69) is 9.88 Å². The first-order chi connectivity index (χ1) is 9.22. The van der Waals surface area contributed by atoms with Gasteiger partial charge >= 0.3 is 0 Å². The summed E-state index contributed by atoms with van der Waals surface area (Å²) in [4.78, 5) is -0.525. The molecular formula is C12H14FN3O3S. The molecule has 0 aliphatic rings. The minimum atomic E-state index is -4.14. The number of sulfonamides is 1. The largest absolute Gasteiger partial charge is 0.399 e. The second kappa shape index (κ2) is 4.78. The Balaban J connectivity index is 2.49. The Hall–Kier alpha value is -2.09. The summed E-state index contributed by atoms with van der Waals surface area (Å²) in [7, 11) is -4.14. The highest BCUT2D eigenvalue weighted by atomic mass is 32.2. The van der Waals surface area contributed by atoms with Gasteiger partial charge in [0.1, 0.15) is 10.7 Å². The fourth-order valence-corrected chi connectivity index (χ4v) is 2.88. The summed E-state index contributed by atoms with van der Waals surface area (Å²) in [5.74, 6) is -0.887. The summed E-state index contributed by atoms with van der Waals surface area (Å²) >= 11 is 0. The highest BCUT2D eigenvalue weighted by Crippen LogP contribution is 2.26. The normalized spacial score (nSPS) is 11.6. The molecule has 0 saturated heterocycles. The van der Waals surface area contributed by atoms with Crippen LogP contribution < -0.4 is 10.5 Å². The summed E-state index contributed by atoms with van der Waals surface area (Å²) in [5.41, 5.74) is 6.95. The topological polar surface area (TPSA) is 98.2 Å². The van der Waals surface area contributed by atoms with Crippen LogP contribution in [0.5, 0.6) is 0 Å². The van der Waals surface area contributed by atoms with Crippen LogP contribution in [0.3, 0.4) is 0 Å². The molecule has 1 aromatic carbocycles. The van der Waals surface area contributed by atoms with E-state index in [1.54, 1.807) is 13.8 Å². The van der Waals surface area contributed by atoms with E-state index in [0.29, 0.717) is 11.3 Å². The lowest BCUT2D eigenvalue weighted by molar-refractivity contribution is 0.430. The SMILES string of the molecule is Cc1cc(N)cc(S(=O)(=O)Nc2onc(C)c2C)c1F. The van der Waals surface area contributed by atoms with Gasteiger partial charge in [-0.15, -0.1) is 0 Å². The molecule has 20 heavy (non-hydrogen) atoms. The second-order valence-corrected chi connectivity index (χ2v) is 6.13. The third-order valence-electron chi connectivity index (χ3n) is 2.92. The van der Waals surface area contributed by atoms with Crippen LogP contribution in [0.4, 0.5) is 16.0 Å². The summed E-state index contributed by atoms with van der Waals surface area (Å²) < 4.78 is 45.4. The maximum atomic E-state index is 14.0. The lowest BCUT2D eigenvalue weighted by Gasteiger charge is -2.09. The van der Waals surface area contributed by atoms with Crippen molar-refractivity contribution in [3.63, 3.8) is 0 Å². The van der Waals surface area contributed by atoms with E-state index in [1.165, 1.54) is 13.0 Å². The Morgan fingerprint density at radius 3 is 2.50 bits per heavy atom. The van der Waals surface area contributed by atoms with Crippen molar-refractivity contribution in [2.24, 2.45) is 0 Å². The van der Waals surface area contributed by atoms with Gasteiger partial charge in [-0.3, -0.25) is 0 Å². The fourth-order valence-electron chi connectivity index (χ4n) is 1.65. The lowest BCUT2D eigenvalue weighted by Crippen LogP contribution is -2.16.